The molecule has 0 saturated heterocycles. The Bertz CT molecular complexity index is 1120. The molecule has 0 aliphatic heterocycles. The van der Waals surface area contributed by atoms with Gasteiger partial charge in [-0.3, -0.25) is 5.10 Å². The van der Waals surface area contributed by atoms with Gasteiger partial charge in [0.05, 0.1) is 11.9 Å². The number of aromatic nitrogens is 8. The van der Waals surface area contributed by atoms with E-state index in [1.807, 2.05) is 19.9 Å². The van der Waals surface area contributed by atoms with Gasteiger partial charge in [0.15, 0.2) is 17.3 Å². The third-order valence-electron chi connectivity index (χ3n) is 3.56. The second-order valence-corrected chi connectivity index (χ2v) is 5.18. The van der Waals surface area contributed by atoms with Crippen LogP contribution >= 0.6 is 0 Å². The number of aromatic amines is 1. The predicted octanol–water partition coefficient (Wildman–Crippen LogP) is 1.94. The van der Waals surface area contributed by atoms with E-state index in [4.69, 9.17) is 0 Å². The molecule has 0 aliphatic carbocycles. The zero-order valence-corrected chi connectivity index (χ0v) is 13.3. The predicted molar refractivity (Wildman–Crippen MR) is 84.9 cm³/mol. The maximum atomic E-state index is 9.29. The Balaban J connectivity index is 1.83. The third kappa shape index (κ3) is 2.32. The van der Waals surface area contributed by atoms with Crippen molar-refractivity contribution in [2.24, 2.45) is 10.2 Å². The molecule has 0 unspecified atom stereocenters. The van der Waals surface area contributed by atoms with E-state index >= 15 is 0 Å². The van der Waals surface area contributed by atoms with Gasteiger partial charge in [-0.25, -0.2) is 4.52 Å². The Morgan fingerprint density at radius 1 is 1.20 bits per heavy atom. The number of hydrogen-bond donors (Lipinski definition) is 1. The van der Waals surface area contributed by atoms with E-state index in [1.165, 1.54) is 10.9 Å². The zero-order valence-electron chi connectivity index (χ0n) is 13.3. The van der Waals surface area contributed by atoms with Gasteiger partial charge in [-0.1, -0.05) is 0 Å². The minimum Gasteiger partial charge on any atom is -0.293 e. The maximum absolute atomic E-state index is 9.29. The van der Waals surface area contributed by atoms with Crippen molar-refractivity contribution in [3.05, 3.63) is 41.6 Å². The molecule has 0 amide bonds. The van der Waals surface area contributed by atoms with Crippen LogP contribution in [0.3, 0.4) is 0 Å². The van der Waals surface area contributed by atoms with Gasteiger partial charge in [0.1, 0.15) is 17.5 Å². The Labute approximate surface area is 140 Å². The smallest absolute Gasteiger partial charge is 0.205 e. The molecule has 122 valence electrons. The SMILES string of the molecule is Cc1[nH]n2c(C)nnc2c1N=Nc1c(C#N)cnn1-c1cccnn1. The summed E-state index contributed by atoms with van der Waals surface area (Å²) in [7, 11) is 0. The first kappa shape index (κ1) is 14.6. The summed E-state index contributed by atoms with van der Waals surface area (Å²) >= 11 is 0. The largest absolute Gasteiger partial charge is 0.293 e. The number of nitriles is 1. The number of fused-ring (bicyclic) bond motifs is 1. The van der Waals surface area contributed by atoms with Crippen molar-refractivity contribution in [2.75, 3.05) is 0 Å². The van der Waals surface area contributed by atoms with Gasteiger partial charge in [-0.05, 0) is 26.0 Å². The number of rotatable bonds is 3. The summed E-state index contributed by atoms with van der Waals surface area (Å²) in [4.78, 5) is 0. The van der Waals surface area contributed by atoms with E-state index in [0.29, 0.717) is 23.0 Å². The van der Waals surface area contributed by atoms with E-state index < -0.39 is 0 Å². The van der Waals surface area contributed by atoms with Crippen LogP contribution in [-0.2, 0) is 0 Å². The highest BCUT2D eigenvalue weighted by molar-refractivity contribution is 5.66. The molecule has 0 fully saturated rings. The van der Waals surface area contributed by atoms with Crippen molar-refractivity contribution >= 4 is 17.2 Å². The highest BCUT2D eigenvalue weighted by Gasteiger charge is 2.16. The van der Waals surface area contributed by atoms with Gasteiger partial charge in [-0.2, -0.15) is 20.1 Å². The summed E-state index contributed by atoms with van der Waals surface area (Å²) in [6.45, 7) is 3.68. The first-order chi connectivity index (χ1) is 12.2. The van der Waals surface area contributed by atoms with Crippen LogP contribution in [0.4, 0.5) is 11.5 Å². The minimum atomic E-state index is 0.262. The molecule has 4 aromatic heterocycles. The van der Waals surface area contributed by atoms with Crippen molar-refractivity contribution in [1.29, 1.82) is 5.26 Å². The summed E-state index contributed by atoms with van der Waals surface area (Å²) in [5, 5.41) is 40.9. The second kappa shape index (κ2) is 5.60. The molecule has 1 N–H and O–H groups in total. The first-order valence-electron chi connectivity index (χ1n) is 7.27. The molecule has 0 aliphatic rings. The van der Waals surface area contributed by atoms with Gasteiger partial charge < -0.3 is 0 Å². The number of nitrogens with one attached hydrogen (secondary N) is 1. The first-order valence-corrected chi connectivity index (χ1v) is 7.27. The van der Waals surface area contributed by atoms with Crippen molar-refractivity contribution in [3.8, 4) is 11.9 Å². The van der Waals surface area contributed by atoms with E-state index in [9.17, 15) is 5.26 Å². The highest BCUT2D eigenvalue weighted by atomic mass is 15.4. The molecule has 0 radical (unpaired) electrons. The standard InChI is InChI=1S/C14H11N11/c1-8-12(14-22-18-9(2)24(14)23-8)20-21-13-10(6-15)7-17-25(13)11-4-3-5-16-19-11/h3-5,7,23H,1-2H3. The Morgan fingerprint density at radius 2 is 2.08 bits per heavy atom. The average Bonchev–Trinajstić information content (AvgIpc) is 3.29. The van der Waals surface area contributed by atoms with Crippen LogP contribution in [0.5, 0.6) is 0 Å². The lowest BCUT2D eigenvalue weighted by molar-refractivity contribution is 0.809. The molecule has 4 heterocycles. The lowest BCUT2D eigenvalue weighted by Gasteiger charge is -2.00. The van der Waals surface area contributed by atoms with Crippen molar-refractivity contribution < 1.29 is 0 Å². The van der Waals surface area contributed by atoms with Gasteiger partial charge in [0, 0.05) is 6.20 Å². The Hall–Kier alpha value is -3.94. The molecule has 4 aromatic rings. The fourth-order valence-corrected chi connectivity index (χ4v) is 2.35. The van der Waals surface area contributed by atoms with E-state index in [2.05, 4.69) is 40.8 Å². The number of azo groups is 1. The molecule has 0 atom stereocenters. The van der Waals surface area contributed by atoms with Crippen LogP contribution in [0.1, 0.15) is 17.1 Å². The molecule has 25 heavy (non-hydrogen) atoms. The summed E-state index contributed by atoms with van der Waals surface area (Å²) in [5.74, 6) is 1.41. The van der Waals surface area contributed by atoms with E-state index in [0.717, 1.165) is 5.69 Å². The van der Waals surface area contributed by atoms with Crippen molar-refractivity contribution in [3.63, 3.8) is 0 Å². The molecule has 0 bridgehead atoms. The van der Waals surface area contributed by atoms with Crippen LogP contribution in [0.15, 0.2) is 34.8 Å². The molecular formula is C14H11N11. The van der Waals surface area contributed by atoms with E-state index in [-0.39, 0.29) is 11.4 Å². The molecular weight excluding hydrogens is 322 g/mol. The molecule has 11 heteroatoms. The molecule has 0 aromatic carbocycles. The van der Waals surface area contributed by atoms with Crippen molar-refractivity contribution in [2.45, 2.75) is 13.8 Å². The van der Waals surface area contributed by atoms with Gasteiger partial charge >= 0.3 is 0 Å². The third-order valence-corrected chi connectivity index (χ3v) is 3.56. The number of nitrogens with zero attached hydrogens (tertiary/aromatic N) is 10. The lowest BCUT2D eigenvalue weighted by atomic mass is 10.3. The zero-order chi connectivity index (χ0) is 17.4. The average molecular weight is 333 g/mol. The fraction of sp³-hybridized carbons (Fsp3) is 0.143. The van der Waals surface area contributed by atoms with Gasteiger partial charge in [0.2, 0.25) is 5.65 Å². The monoisotopic (exact) mass is 333 g/mol. The number of H-pyrrole nitrogens is 1. The van der Waals surface area contributed by atoms with Gasteiger partial charge in [-0.15, -0.1) is 25.5 Å². The highest BCUT2D eigenvalue weighted by Crippen LogP contribution is 2.28. The number of hydrogen-bond acceptors (Lipinski definition) is 8. The van der Waals surface area contributed by atoms with Gasteiger partial charge in [0.25, 0.3) is 0 Å². The lowest BCUT2D eigenvalue weighted by Crippen LogP contribution is -1.99. The van der Waals surface area contributed by atoms with Crippen molar-refractivity contribution in [1.82, 2.24) is 39.8 Å². The minimum absolute atomic E-state index is 0.262. The van der Waals surface area contributed by atoms with Crippen LogP contribution in [-0.4, -0.2) is 39.8 Å². The Morgan fingerprint density at radius 3 is 2.84 bits per heavy atom. The second-order valence-electron chi connectivity index (χ2n) is 5.18. The molecule has 0 spiro atoms. The quantitative estimate of drug-likeness (QED) is 0.568. The van der Waals surface area contributed by atoms with E-state index in [1.54, 1.807) is 22.8 Å². The summed E-state index contributed by atoms with van der Waals surface area (Å²) in [6.07, 6.45) is 2.96. The van der Waals surface area contributed by atoms with Crippen LogP contribution < -0.4 is 0 Å². The van der Waals surface area contributed by atoms with Crippen LogP contribution in [0.2, 0.25) is 0 Å². The van der Waals surface area contributed by atoms with Crippen LogP contribution in [0, 0.1) is 25.2 Å². The summed E-state index contributed by atoms with van der Waals surface area (Å²) in [5.41, 5.74) is 2.15. The normalized spacial score (nSPS) is 11.4. The topological polar surface area (TPSA) is 138 Å². The number of aryl methyl sites for hydroxylation is 2. The Kier molecular flexibility index (Phi) is 3.28. The molecule has 11 nitrogen and oxygen atoms in total. The van der Waals surface area contributed by atoms with Crippen LogP contribution in [0.25, 0.3) is 11.5 Å². The molecule has 0 saturated carbocycles. The molecule has 4 rings (SSSR count). The summed E-state index contributed by atoms with van der Waals surface area (Å²) in [6, 6.07) is 5.47. The fourth-order valence-electron chi connectivity index (χ4n) is 2.35. The summed E-state index contributed by atoms with van der Waals surface area (Å²) < 4.78 is 3.12. The maximum Gasteiger partial charge on any atom is 0.205 e.